The van der Waals surface area contributed by atoms with Gasteiger partial charge in [-0.1, -0.05) is 146 Å². The number of nitrogens with zero attached hydrogens (tertiary/aromatic N) is 4. The number of fused-ring (bicyclic) bond motifs is 14. The number of rotatable bonds is 4. The van der Waals surface area contributed by atoms with Gasteiger partial charge >= 0.3 is 0 Å². The van der Waals surface area contributed by atoms with Crippen molar-refractivity contribution >= 4 is 96.8 Å². The Labute approximate surface area is 342 Å². The molecule has 0 aliphatic rings. The summed E-state index contributed by atoms with van der Waals surface area (Å²) in [5, 5.41) is 12.1. The normalized spacial score (nSPS) is 12.1. The highest BCUT2D eigenvalue weighted by Gasteiger charge is 2.23. The first kappa shape index (κ1) is 32.5. The first-order valence-electron chi connectivity index (χ1n) is 20.0. The predicted molar refractivity (Wildman–Crippen MR) is 249 cm³/mol. The zero-order chi connectivity index (χ0) is 38.6. The zero-order valence-corrected chi connectivity index (χ0v) is 32.5. The van der Waals surface area contributed by atoms with Crippen LogP contribution in [0.1, 0.15) is 0 Å². The molecule has 0 N–H and O–H groups in total. The maximum Gasteiger partial charge on any atom is 0.236 e. The molecule has 13 aromatic rings. The highest BCUT2D eigenvalue weighted by molar-refractivity contribution is 7.26. The summed E-state index contributed by atoms with van der Waals surface area (Å²) >= 11 is 1.77. The highest BCUT2D eigenvalue weighted by Crippen LogP contribution is 2.47. The minimum Gasteiger partial charge on any atom is -0.309 e. The lowest BCUT2D eigenvalue weighted by Crippen LogP contribution is -2.02. The third-order valence-corrected chi connectivity index (χ3v) is 13.3. The molecule has 0 aliphatic carbocycles. The van der Waals surface area contributed by atoms with E-state index >= 15 is 0 Å². The lowest BCUT2D eigenvalue weighted by atomic mass is 9.96. The number of benzene rings is 9. The summed E-state index contributed by atoms with van der Waals surface area (Å²) in [5.74, 6) is 0.672. The van der Waals surface area contributed by atoms with E-state index in [4.69, 9.17) is 9.97 Å². The van der Waals surface area contributed by atoms with Crippen molar-refractivity contribution in [3.63, 3.8) is 0 Å². The zero-order valence-electron chi connectivity index (χ0n) is 31.7. The van der Waals surface area contributed by atoms with Gasteiger partial charge in [-0.2, -0.15) is 0 Å². The van der Waals surface area contributed by atoms with Crippen molar-refractivity contribution in [3.8, 4) is 34.0 Å². The summed E-state index contributed by atoms with van der Waals surface area (Å²) < 4.78 is 5.87. The molecule has 0 atom stereocenters. The Kier molecular flexibility index (Phi) is 6.85. The molecule has 274 valence electrons. The monoisotopic (exact) mass is 768 g/mol. The van der Waals surface area contributed by atoms with E-state index in [9.17, 15) is 0 Å². The Balaban J connectivity index is 1.05. The molecule has 0 radical (unpaired) electrons. The Hall–Kier alpha value is -7.60. The van der Waals surface area contributed by atoms with E-state index in [1.54, 1.807) is 11.3 Å². The van der Waals surface area contributed by atoms with E-state index in [-0.39, 0.29) is 0 Å². The molecule has 59 heavy (non-hydrogen) atoms. The van der Waals surface area contributed by atoms with E-state index in [0.717, 1.165) is 38.2 Å². The Morgan fingerprint density at radius 1 is 0.339 bits per heavy atom. The molecule has 13 rings (SSSR count). The van der Waals surface area contributed by atoms with Crippen molar-refractivity contribution in [3.05, 3.63) is 194 Å². The molecular formula is C54H32N4S. The molecule has 4 heterocycles. The average Bonchev–Trinajstić information content (AvgIpc) is 3.97. The molecule has 4 aromatic heterocycles. The van der Waals surface area contributed by atoms with Crippen molar-refractivity contribution in [1.29, 1.82) is 0 Å². The van der Waals surface area contributed by atoms with Crippen LogP contribution in [0.15, 0.2) is 194 Å². The summed E-state index contributed by atoms with van der Waals surface area (Å²) in [4.78, 5) is 12.0. The number of thiophene rings is 1. The van der Waals surface area contributed by atoms with Gasteiger partial charge in [0, 0.05) is 53.7 Å². The van der Waals surface area contributed by atoms with Gasteiger partial charge in [0.2, 0.25) is 5.95 Å². The first-order valence-corrected chi connectivity index (χ1v) is 20.8. The van der Waals surface area contributed by atoms with Crippen LogP contribution in [0.25, 0.3) is 119 Å². The minimum absolute atomic E-state index is 0.672. The highest BCUT2D eigenvalue weighted by atomic mass is 32.1. The molecule has 4 nitrogen and oxygen atoms in total. The van der Waals surface area contributed by atoms with Gasteiger partial charge < -0.3 is 4.57 Å². The second-order valence-electron chi connectivity index (χ2n) is 15.3. The van der Waals surface area contributed by atoms with Gasteiger partial charge in [0.15, 0.2) is 0 Å². The van der Waals surface area contributed by atoms with E-state index < -0.39 is 0 Å². The van der Waals surface area contributed by atoms with Gasteiger partial charge in [0.1, 0.15) is 4.83 Å². The molecule has 0 unspecified atom stereocenters. The quantitative estimate of drug-likeness (QED) is 0.167. The predicted octanol–water partition coefficient (Wildman–Crippen LogP) is 14.7. The summed E-state index contributed by atoms with van der Waals surface area (Å²) in [7, 11) is 0. The van der Waals surface area contributed by atoms with Gasteiger partial charge in [-0.15, -0.1) is 11.3 Å². The fourth-order valence-electron chi connectivity index (χ4n) is 9.57. The molecule has 0 amide bonds. The number of hydrogen-bond acceptors (Lipinski definition) is 3. The van der Waals surface area contributed by atoms with E-state index in [2.05, 4.69) is 203 Å². The summed E-state index contributed by atoms with van der Waals surface area (Å²) in [6.07, 6.45) is 0. The van der Waals surface area contributed by atoms with Crippen LogP contribution in [0.3, 0.4) is 0 Å². The standard InChI is InChI=1S/C54H32N4S/c1-3-15-33(16-4-1)51-50-49-41-23-9-7-19-37(41)38-20-8-10-24-42(38)52(49)59-53(50)56-54(55-51)58-46-26-14-12-22-40(46)44-32-35(28-30-48(44)58)34-27-29-47-43(31-34)39-21-11-13-25-45(39)57(47)36-17-5-2-6-18-36/h1-32H. The maximum atomic E-state index is 5.55. The average molecular weight is 769 g/mol. The molecule has 0 spiro atoms. The van der Waals surface area contributed by atoms with Gasteiger partial charge in [-0.3, -0.25) is 4.57 Å². The number of hydrogen-bond donors (Lipinski definition) is 0. The molecular weight excluding hydrogens is 737 g/mol. The van der Waals surface area contributed by atoms with Crippen LogP contribution >= 0.6 is 11.3 Å². The second kappa shape index (κ2) is 12.4. The Bertz CT molecular complexity index is 3840. The van der Waals surface area contributed by atoms with Crippen LogP contribution in [0, 0.1) is 0 Å². The van der Waals surface area contributed by atoms with Gasteiger partial charge in [0.25, 0.3) is 0 Å². The number of para-hydroxylation sites is 3. The Morgan fingerprint density at radius 2 is 0.831 bits per heavy atom. The molecule has 0 aliphatic heterocycles. The van der Waals surface area contributed by atoms with Crippen molar-refractivity contribution in [1.82, 2.24) is 19.1 Å². The Morgan fingerprint density at radius 3 is 1.49 bits per heavy atom. The van der Waals surface area contributed by atoms with Crippen LogP contribution in [0.5, 0.6) is 0 Å². The van der Waals surface area contributed by atoms with Crippen LogP contribution in [0.2, 0.25) is 0 Å². The van der Waals surface area contributed by atoms with Crippen LogP contribution in [0.4, 0.5) is 0 Å². The first-order chi connectivity index (χ1) is 29.3. The lowest BCUT2D eigenvalue weighted by molar-refractivity contribution is 1.02. The maximum absolute atomic E-state index is 5.55. The third-order valence-electron chi connectivity index (χ3n) is 12.1. The molecule has 9 aromatic carbocycles. The van der Waals surface area contributed by atoms with Gasteiger partial charge in [-0.25, -0.2) is 9.97 Å². The van der Waals surface area contributed by atoms with Crippen molar-refractivity contribution in [2.75, 3.05) is 0 Å². The fourth-order valence-corrected chi connectivity index (χ4v) is 10.8. The molecule has 0 saturated carbocycles. The van der Waals surface area contributed by atoms with Crippen LogP contribution in [-0.4, -0.2) is 19.1 Å². The third kappa shape index (κ3) is 4.71. The molecule has 0 fully saturated rings. The largest absolute Gasteiger partial charge is 0.309 e. The molecule has 0 bridgehead atoms. The van der Waals surface area contributed by atoms with Crippen molar-refractivity contribution in [2.24, 2.45) is 0 Å². The van der Waals surface area contributed by atoms with E-state index in [0.29, 0.717) is 5.95 Å². The van der Waals surface area contributed by atoms with Gasteiger partial charge in [-0.05, 0) is 75.8 Å². The van der Waals surface area contributed by atoms with E-state index in [1.807, 2.05) is 0 Å². The topological polar surface area (TPSA) is 35.6 Å². The SMILES string of the molecule is c1ccc(-c2nc(-n3c4ccccc4c4cc(-c5ccc6c(c5)c5ccccc5n6-c5ccccc5)ccc43)nc3sc4c5ccccc5c5ccccc5c4c23)cc1. The fraction of sp³-hybridized carbons (Fsp3) is 0. The minimum atomic E-state index is 0.672. The van der Waals surface area contributed by atoms with Crippen molar-refractivity contribution in [2.45, 2.75) is 0 Å². The summed E-state index contributed by atoms with van der Waals surface area (Å²) in [5.41, 5.74) is 10.1. The van der Waals surface area contributed by atoms with Crippen molar-refractivity contribution < 1.29 is 0 Å². The second-order valence-corrected chi connectivity index (χ2v) is 16.3. The molecule has 5 heteroatoms. The number of aromatic nitrogens is 4. The van der Waals surface area contributed by atoms with Crippen LogP contribution < -0.4 is 0 Å². The lowest BCUT2D eigenvalue weighted by Gasteiger charge is -2.11. The summed E-state index contributed by atoms with van der Waals surface area (Å²) in [6, 6.07) is 69.9. The van der Waals surface area contributed by atoms with Crippen LogP contribution in [-0.2, 0) is 0 Å². The van der Waals surface area contributed by atoms with E-state index in [1.165, 1.54) is 75.3 Å². The summed E-state index contributed by atoms with van der Waals surface area (Å²) in [6.45, 7) is 0. The smallest absolute Gasteiger partial charge is 0.236 e. The molecule has 0 saturated heterocycles. The van der Waals surface area contributed by atoms with Gasteiger partial charge in [0.05, 0.1) is 27.8 Å².